The molecule has 13 heteroatoms. The Morgan fingerprint density at radius 1 is 1.04 bits per heavy atom. The molecule has 0 bridgehead atoms. The van der Waals surface area contributed by atoms with Crippen LogP contribution in [0.3, 0.4) is 0 Å². The van der Waals surface area contributed by atoms with Crippen molar-refractivity contribution in [1.29, 1.82) is 0 Å². The smallest absolute Gasteiger partial charge is 0.693 e. The van der Waals surface area contributed by atoms with E-state index in [4.69, 9.17) is 20.4 Å². The third-order valence-corrected chi connectivity index (χ3v) is 2.78. The monoisotopic (exact) mass is 762 g/mol. The summed E-state index contributed by atoms with van der Waals surface area (Å²) in [6.45, 7) is 1.91. The average molecular weight is 756 g/mol. The molecule has 0 aromatic heterocycles. The van der Waals surface area contributed by atoms with Gasteiger partial charge in [-0.2, -0.15) is 6.20 Å². The summed E-state index contributed by atoms with van der Waals surface area (Å²) in [5.74, 6) is -0.00116. The summed E-state index contributed by atoms with van der Waals surface area (Å²) >= 11 is 0. The van der Waals surface area contributed by atoms with Crippen molar-refractivity contribution in [1.82, 2.24) is 0 Å². The zero-order valence-electron chi connectivity index (χ0n) is 14.7. The molecule has 2 aliphatic heterocycles. The van der Waals surface area contributed by atoms with Crippen molar-refractivity contribution >= 4 is 0 Å². The second kappa shape index (κ2) is 28.9. The molecule has 0 radical (unpaired) electrons. The fourth-order valence-corrected chi connectivity index (χ4v) is 1.66. The van der Waals surface area contributed by atoms with Gasteiger partial charge in [0.1, 0.15) is 0 Å². The van der Waals surface area contributed by atoms with Gasteiger partial charge in [0.2, 0.25) is 0 Å². The Morgan fingerprint density at radius 2 is 1.60 bits per heavy atom. The van der Waals surface area contributed by atoms with E-state index in [2.05, 4.69) is 10.6 Å². The molecular formula is C12H26Cd4N4O5-2. The van der Waals surface area contributed by atoms with Gasteiger partial charge in [0.05, 0.1) is 0 Å². The minimum absolute atomic E-state index is 0. The number of aliphatic hydroxyl groups excluding tert-OH is 2. The van der Waals surface area contributed by atoms with Crippen molar-refractivity contribution in [2.24, 2.45) is 5.92 Å². The van der Waals surface area contributed by atoms with Crippen LogP contribution in [0.1, 0.15) is 12.8 Å². The summed E-state index contributed by atoms with van der Waals surface area (Å²) in [6, 6.07) is 0. The summed E-state index contributed by atoms with van der Waals surface area (Å²) in [5, 5.41) is 42.4. The Morgan fingerprint density at radius 3 is 1.84 bits per heavy atom. The van der Waals surface area contributed by atoms with Crippen LogP contribution >= 0.6 is 0 Å². The summed E-state index contributed by atoms with van der Waals surface area (Å²) in [6.07, 6.45) is 4.36. The van der Waals surface area contributed by atoms with Crippen LogP contribution in [0.15, 0.2) is 23.9 Å². The quantitative estimate of drug-likeness (QED) is 0.238. The van der Waals surface area contributed by atoms with Gasteiger partial charge in [0.15, 0.2) is 12.6 Å². The summed E-state index contributed by atoms with van der Waals surface area (Å²) in [5.41, 5.74) is 0.539. The molecule has 1 saturated heterocycles. The number of hydrogen-bond acceptors (Lipinski definition) is 4. The minimum Gasteiger partial charge on any atom is -0.693 e. The molecule has 1 atom stereocenters. The molecule has 0 aliphatic carbocycles. The first-order valence-electron chi connectivity index (χ1n) is 5.99. The van der Waals surface area contributed by atoms with Crippen molar-refractivity contribution < 1.29 is 135 Å². The van der Waals surface area contributed by atoms with Gasteiger partial charge in [0, 0.05) is 81.9 Å². The molecule has 134 valence electrons. The van der Waals surface area contributed by atoms with E-state index in [1.54, 1.807) is 18.4 Å². The molecule has 9 nitrogen and oxygen atoms in total. The number of aliphatic hydroxyl groups is 4. The van der Waals surface area contributed by atoms with E-state index in [0.717, 1.165) is 19.4 Å². The fraction of sp³-hybridized carbons (Fsp3) is 0.667. The first kappa shape index (κ1) is 46.1. The maximum Gasteiger partial charge on any atom is 2.00 e. The van der Waals surface area contributed by atoms with E-state index in [1.807, 2.05) is 0 Å². The predicted molar refractivity (Wildman–Crippen MR) is 81.9 cm³/mol. The van der Waals surface area contributed by atoms with Gasteiger partial charge in [-0.25, -0.2) is 0 Å². The van der Waals surface area contributed by atoms with Gasteiger partial charge in [-0.05, 0) is 17.9 Å². The summed E-state index contributed by atoms with van der Waals surface area (Å²) < 4.78 is 0. The van der Waals surface area contributed by atoms with E-state index >= 15 is 0 Å². The van der Waals surface area contributed by atoms with E-state index < -0.39 is 12.6 Å². The molecular weight excluding hydrogens is 730 g/mol. The standard InChI is InChI=1S/C6H12NO2.C6H8NO2.4Cd.2H2N.H2O/c2*8-6(9)5-2-1-3-7-4-5;;;;;;;/h5-6,8-9H,1-4H2;1-3,6,8-9H,4H2;;;;;3*1H2/q2*-1;;;;+2;2*-1;. The van der Waals surface area contributed by atoms with Crippen molar-refractivity contribution in [2.45, 2.75) is 25.4 Å². The summed E-state index contributed by atoms with van der Waals surface area (Å²) in [4.78, 5) is 0. The van der Waals surface area contributed by atoms with Crippen LogP contribution in [0, 0.1) is 5.92 Å². The normalized spacial score (nSPS) is 16.7. The van der Waals surface area contributed by atoms with E-state index in [9.17, 15) is 0 Å². The molecule has 10 N–H and O–H groups in total. The van der Waals surface area contributed by atoms with Crippen LogP contribution in [0.25, 0.3) is 22.9 Å². The molecule has 0 aromatic rings. The van der Waals surface area contributed by atoms with Crippen molar-refractivity contribution in [3.05, 3.63) is 46.9 Å². The average Bonchev–Trinajstić information content (AvgIpc) is 2.41. The zero-order valence-corrected chi connectivity index (χ0v) is 30.8. The zero-order chi connectivity index (χ0) is 13.4. The number of allylic oxidation sites excluding steroid dienone is 2. The van der Waals surface area contributed by atoms with Crippen LogP contribution in [-0.4, -0.2) is 58.1 Å². The fourth-order valence-electron chi connectivity index (χ4n) is 1.66. The SMILES string of the molecule is O.OC(O)C1=CC=C[N-]C1.OC(O)C1CCC[N-]C1.[Cd+2].[Cd].[Cd].[Cd].[NH2-].[NH2-]. The Balaban J connectivity index is -0.0000000405. The van der Waals surface area contributed by atoms with Gasteiger partial charge in [0.25, 0.3) is 0 Å². The van der Waals surface area contributed by atoms with Crippen LogP contribution in [0.5, 0.6) is 0 Å². The Labute approximate surface area is 230 Å². The van der Waals surface area contributed by atoms with Crippen LogP contribution < -0.4 is 0 Å². The Bertz CT molecular complexity index is 307. The maximum absolute atomic E-state index is 8.67. The Hall–Kier alpha value is 2.65. The first-order chi connectivity index (χ1) is 8.61. The van der Waals surface area contributed by atoms with E-state index in [1.165, 1.54) is 0 Å². The Kier molecular flexibility index (Phi) is 53.2. The molecule has 2 aliphatic rings. The molecule has 0 amide bonds. The number of hydrogen-bond donors (Lipinski definition) is 4. The second-order valence-electron chi connectivity index (χ2n) is 4.24. The third-order valence-electron chi connectivity index (χ3n) is 2.78. The maximum atomic E-state index is 8.67. The molecule has 1 unspecified atom stereocenters. The van der Waals surface area contributed by atoms with E-state index in [0.29, 0.717) is 18.7 Å². The molecule has 1 fully saturated rings. The van der Waals surface area contributed by atoms with Gasteiger partial charge >= 0.3 is 27.3 Å². The minimum atomic E-state index is -1.35. The van der Waals surface area contributed by atoms with Gasteiger partial charge in [-0.1, -0.05) is 18.6 Å². The van der Waals surface area contributed by atoms with Crippen LogP contribution in [-0.2, 0) is 109 Å². The molecule has 25 heavy (non-hydrogen) atoms. The molecule has 2 rings (SSSR count). The number of rotatable bonds is 2. The van der Waals surface area contributed by atoms with Crippen molar-refractivity contribution in [3.63, 3.8) is 0 Å². The molecule has 0 saturated carbocycles. The topological polar surface area (TPSA) is 208 Å². The van der Waals surface area contributed by atoms with E-state index in [-0.39, 0.29) is 133 Å². The third kappa shape index (κ3) is 22.8. The van der Waals surface area contributed by atoms with Gasteiger partial charge in [-0.3, -0.25) is 0 Å². The predicted octanol–water partition coefficient (Wildman–Crippen LogP) is 0.805. The van der Waals surface area contributed by atoms with Crippen molar-refractivity contribution in [2.75, 3.05) is 19.6 Å². The summed E-state index contributed by atoms with van der Waals surface area (Å²) in [7, 11) is 0. The first-order valence-corrected chi connectivity index (χ1v) is 5.99. The van der Waals surface area contributed by atoms with Gasteiger partial charge < -0.3 is 48.8 Å². The molecule has 0 spiro atoms. The van der Waals surface area contributed by atoms with Crippen LogP contribution in [0.4, 0.5) is 0 Å². The number of piperidine rings is 1. The van der Waals surface area contributed by atoms with Gasteiger partial charge in [-0.15, -0.1) is 19.6 Å². The number of nitrogens with zero attached hydrogens (tertiary/aromatic N) is 2. The van der Waals surface area contributed by atoms with Crippen molar-refractivity contribution in [3.8, 4) is 0 Å². The molecule has 0 aromatic carbocycles. The van der Waals surface area contributed by atoms with Crippen LogP contribution in [0.2, 0.25) is 0 Å². The largest absolute Gasteiger partial charge is 2.00 e. The number of nitrogens with two attached hydrogens (primary N) is 2. The molecule has 2 heterocycles. The second-order valence-corrected chi connectivity index (χ2v) is 4.24.